The molecule has 1 aliphatic rings. The normalized spacial score (nSPS) is 19.2. The Hall–Kier alpha value is -2.10. The van der Waals surface area contributed by atoms with Crippen LogP contribution in [0.3, 0.4) is 0 Å². The molecule has 1 aromatic carbocycles. The highest BCUT2D eigenvalue weighted by Gasteiger charge is 2.50. The molecule has 4 nitrogen and oxygen atoms in total. The molecule has 1 unspecified atom stereocenters. The Balaban J connectivity index is 1.52. The van der Waals surface area contributed by atoms with E-state index < -0.39 is 0 Å². The number of nitrogens with one attached hydrogen (secondary N) is 1. The molecule has 1 heterocycles. The number of aromatic nitrogens is 2. The predicted octanol–water partition coefficient (Wildman–Crippen LogP) is 2.59. The van der Waals surface area contributed by atoms with E-state index in [4.69, 9.17) is 0 Å². The Morgan fingerprint density at radius 3 is 2.71 bits per heavy atom. The molecule has 110 valence electrons. The zero-order valence-corrected chi connectivity index (χ0v) is 12.5. The third-order valence-electron chi connectivity index (χ3n) is 4.17. The minimum Gasteiger partial charge on any atom is -0.352 e. The van der Waals surface area contributed by atoms with Gasteiger partial charge in [0.2, 0.25) is 5.91 Å². The van der Waals surface area contributed by atoms with Crippen molar-refractivity contribution in [3.8, 4) is 0 Å². The molecular weight excluding hydrogens is 262 g/mol. The summed E-state index contributed by atoms with van der Waals surface area (Å²) in [5.74, 6) is 0.340. The number of nitrogens with zero attached hydrogens (tertiary/aromatic N) is 2. The molecule has 0 bridgehead atoms. The Bertz CT molecular complexity index is 630. The van der Waals surface area contributed by atoms with Gasteiger partial charge in [-0.05, 0) is 17.4 Å². The summed E-state index contributed by atoms with van der Waals surface area (Å²) >= 11 is 0. The lowest BCUT2D eigenvalue weighted by molar-refractivity contribution is -0.123. The summed E-state index contributed by atoms with van der Waals surface area (Å²) in [5, 5.41) is 7.35. The van der Waals surface area contributed by atoms with Crippen molar-refractivity contribution in [1.82, 2.24) is 15.1 Å². The molecule has 1 amide bonds. The fourth-order valence-corrected chi connectivity index (χ4v) is 2.58. The van der Waals surface area contributed by atoms with E-state index >= 15 is 0 Å². The van der Waals surface area contributed by atoms with E-state index in [1.165, 1.54) is 5.56 Å². The zero-order valence-electron chi connectivity index (χ0n) is 12.5. The first kappa shape index (κ1) is 13.9. The highest BCUT2D eigenvalue weighted by atomic mass is 16.2. The summed E-state index contributed by atoms with van der Waals surface area (Å²) in [5.41, 5.74) is 2.44. The first-order valence-corrected chi connectivity index (χ1v) is 7.37. The summed E-state index contributed by atoms with van der Waals surface area (Å²) in [6.45, 7) is 5.58. The van der Waals surface area contributed by atoms with Crippen molar-refractivity contribution in [2.75, 3.05) is 0 Å². The summed E-state index contributed by atoms with van der Waals surface area (Å²) in [7, 11) is 0. The molecule has 0 saturated heterocycles. The van der Waals surface area contributed by atoms with Crippen LogP contribution in [-0.4, -0.2) is 15.7 Å². The van der Waals surface area contributed by atoms with Crippen molar-refractivity contribution in [2.45, 2.75) is 33.4 Å². The van der Waals surface area contributed by atoms with Gasteiger partial charge in [0.15, 0.2) is 0 Å². The van der Waals surface area contributed by atoms with Crippen molar-refractivity contribution in [3.63, 3.8) is 0 Å². The molecule has 1 N–H and O–H groups in total. The number of benzene rings is 1. The van der Waals surface area contributed by atoms with Crippen LogP contribution in [0.5, 0.6) is 0 Å². The second-order valence-corrected chi connectivity index (χ2v) is 6.49. The molecule has 1 aromatic heterocycles. The largest absolute Gasteiger partial charge is 0.352 e. The molecule has 21 heavy (non-hydrogen) atoms. The first-order chi connectivity index (χ1) is 10.0. The number of amides is 1. The second-order valence-electron chi connectivity index (χ2n) is 6.49. The van der Waals surface area contributed by atoms with Crippen molar-refractivity contribution < 1.29 is 4.79 Å². The smallest absolute Gasteiger partial charge is 0.223 e. The van der Waals surface area contributed by atoms with Gasteiger partial charge in [-0.3, -0.25) is 9.48 Å². The Morgan fingerprint density at radius 1 is 1.33 bits per heavy atom. The van der Waals surface area contributed by atoms with Gasteiger partial charge in [-0.2, -0.15) is 5.10 Å². The molecule has 1 saturated carbocycles. The van der Waals surface area contributed by atoms with E-state index in [9.17, 15) is 4.79 Å². The molecule has 4 heteroatoms. The molecule has 3 rings (SSSR count). The van der Waals surface area contributed by atoms with Gasteiger partial charge < -0.3 is 5.32 Å². The van der Waals surface area contributed by atoms with E-state index in [0.29, 0.717) is 6.54 Å². The molecule has 1 fully saturated rings. The lowest BCUT2D eigenvalue weighted by Crippen LogP contribution is -2.25. The molecule has 0 spiro atoms. The Kier molecular flexibility index (Phi) is 3.53. The van der Waals surface area contributed by atoms with Crippen LogP contribution in [0.1, 0.15) is 31.4 Å². The molecule has 2 aromatic rings. The van der Waals surface area contributed by atoms with E-state index in [1.807, 2.05) is 35.3 Å². The summed E-state index contributed by atoms with van der Waals surface area (Å²) in [6, 6.07) is 10.2. The summed E-state index contributed by atoms with van der Waals surface area (Å²) in [6.07, 6.45) is 4.80. The standard InChI is InChI=1S/C17H21N3O/c1-17(2)8-15(17)16(21)18-9-14-10-19-20(12-14)11-13-6-4-3-5-7-13/h3-7,10,12,15H,8-9,11H2,1-2H3,(H,18,21). The van der Waals surface area contributed by atoms with Crippen molar-refractivity contribution in [2.24, 2.45) is 11.3 Å². The first-order valence-electron chi connectivity index (χ1n) is 7.37. The van der Waals surface area contributed by atoms with Crippen LogP contribution in [0.4, 0.5) is 0 Å². The highest BCUT2D eigenvalue weighted by Crippen LogP contribution is 2.51. The molecule has 1 aliphatic carbocycles. The molecule has 0 radical (unpaired) electrons. The quantitative estimate of drug-likeness (QED) is 0.917. The van der Waals surface area contributed by atoms with Gasteiger partial charge in [-0.25, -0.2) is 0 Å². The summed E-state index contributed by atoms with van der Waals surface area (Å²) < 4.78 is 1.90. The van der Waals surface area contributed by atoms with Crippen LogP contribution in [0.25, 0.3) is 0 Å². The fourth-order valence-electron chi connectivity index (χ4n) is 2.58. The number of hydrogen-bond donors (Lipinski definition) is 1. The van der Waals surface area contributed by atoms with Crippen LogP contribution < -0.4 is 5.32 Å². The zero-order chi connectivity index (χ0) is 14.9. The van der Waals surface area contributed by atoms with Gasteiger partial charge in [-0.1, -0.05) is 44.2 Å². The van der Waals surface area contributed by atoms with Crippen LogP contribution in [-0.2, 0) is 17.9 Å². The maximum Gasteiger partial charge on any atom is 0.223 e. The van der Waals surface area contributed by atoms with Gasteiger partial charge in [0.05, 0.1) is 12.7 Å². The number of hydrogen-bond acceptors (Lipinski definition) is 2. The number of rotatable bonds is 5. The average Bonchev–Trinajstić information content (AvgIpc) is 2.90. The van der Waals surface area contributed by atoms with Crippen LogP contribution in [0.15, 0.2) is 42.7 Å². The Morgan fingerprint density at radius 2 is 2.05 bits per heavy atom. The fraction of sp³-hybridized carbons (Fsp3) is 0.412. The molecular formula is C17H21N3O. The minimum atomic E-state index is 0.163. The van der Waals surface area contributed by atoms with Gasteiger partial charge in [0.25, 0.3) is 0 Å². The SMILES string of the molecule is CC1(C)CC1C(=O)NCc1cnn(Cc2ccccc2)c1. The van der Waals surface area contributed by atoms with Gasteiger partial charge in [-0.15, -0.1) is 0 Å². The topological polar surface area (TPSA) is 46.9 Å². The van der Waals surface area contributed by atoms with E-state index in [2.05, 4.69) is 36.4 Å². The van der Waals surface area contributed by atoms with Crippen molar-refractivity contribution >= 4 is 5.91 Å². The maximum atomic E-state index is 12.0. The lowest BCUT2D eigenvalue weighted by atomic mass is 10.1. The van der Waals surface area contributed by atoms with Crippen LogP contribution >= 0.6 is 0 Å². The molecule has 1 atom stereocenters. The highest BCUT2D eigenvalue weighted by molar-refractivity contribution is 5.82. The van der Waals surface area contributed by atoms with Crippen molar-refractivity contribution in [1.29, 1.82) is 0 Å². The third kappa shape index (κ3) is 3.32. The van der Waals surface area contributed by atoms with Crippen molar-refractivity contribution in [3.05, 3.63) is 53.9 Å². The van der Waals surface area contributed by atoms with E-state index in [-0.39, 0.29) is 17.2 Å². The second kappa shape index (κ2) is 5.35. The maximum absolute atomic E-state index is 12.0. The minimum absolute atomic E-state index is 0.163. The monoisotopic (exact) mass is 283 g/mol. The Labute approximate surface area is 125 Å². The van der Waals surface area contributed by atoms with Gasteiger partial charge in [0, 0.05) is 24.2 Å². The third-order valence-corrected chi connectivity index (χ3v) is 4.17. The van der Waals surface area contributed by atoms with Crippen LogP contribution in [0.2, 0.25) is 0 Å². The summed E-state index contributed by atoms with van der Waals surface area (Å²) in [4.78, 5) is 12.0. The molecule has 0 aliphatic heterocycles. The average molecular weight is 283 g/mol. The number of carbonyl (C=O) groups is 1. The van der Waals surface area contributed by atoms with Gasteiger partial charge >= 0.3 is 0 Å². The predicted molar refractivity (Wildman–Crippen MR) is 81.5 cm³/mol. The van der Waals surface area contributed by atoms with Gasteiger partial charge in [0.1, 0.15) is 0 Å². The van der Waals surface area contributed by atoms with E-state index in [0.717, 1.165) is 18.5 Å². The van der Waals surface area contributed by atoms with E-state index in [1.54, 1.807) is 0 Å². The lowest BCUT2D eigenvalue weighted by Gasteiger charge is -2.05. The van der Waals surface area contributed by atoms with Crippen LogP contribution in [0, 0.1) is 11.3 Å². The number of carbonyl (C=O) groups excluding carboxylic acids is 1.